The molecule has 0 aromatic carbocycles. The first kappa shape index (κ1) is 15.0. The van der Waals surface area contributed by atoms with Crippen LogP contribution in [0.1, 0.15) is 65.7 Å². The van der Waals surface area contributed by atoms with Crippen molar-refractivity contribution in [2.75, 3.05) is 13.2 Å². The van der Waals surface area contributed by atoms with Gasteiger partial charge in [0.05, 0.1) is 6.10 Å². The van der Waals surface area contributed by atoms with E-state index in [0.717, 1.165) is 19.1 Å². The highest BCUT2D eigenvalue weighted by Crippen LogP contribution is 2.25. The Morgan fingerprint density at radius 1 is 1.18 bits per heavy atom. The number of hydrogen-bond donors (Lipinski definition) is 1. The van der Waals surface area contributed by atoms with Crippen molar-refractivity contribution >= 4 is 0 Å². The summed E-state index contributed by atoms with van der Waals surface area (Å²) in [7, 11) is 0. The normalized spacial score (nSPS) is 26.3. The number of likely N-dealkylation sites (N-methyl/N-ethyl adjacent to an activating group) is 1. The van der Waals surface area contributed by atoms with E-state index < -0.39 is 0 Å². The molecule has 1 fully saturated rings. The minimum absolute atomic E-state index is 0.459. The maximum atomic E-state index is 5.90. The first-order valence-corrected chi connectivity index (χ1v) is 7.64. The molecule has 3 unspecified atom stereocenters. The van der Waals surface area contributed by atoms with Gasteiger partial charge in [-0.25, -0.2) is 0 Å². The van der Waals surface area contributed by atoms with E-state index >= 15 is 0 Å². The van der Waals surface area contributed by atoms with Crippen molar-refractivity contribution in [1.82, 2.24) is 5.32 Å². The Morgan fingerprint density at radius 3 is 2.53 bits per heavy atom. The lowest BCUT2D eigenvalue weighted by Crippen LogP contribution is -2.42. The largest absolute Gasteiger partial charge is 0.376 e. The van der Waals surface area contributed by atoms with Crippen LogP contribution in [0, 0.1) is 5.92 Å². The van der Waals surface area contributed by atoms with Gasteiger partial charge in [-0.1, -0.05) is 52.9 Å². The molecule has 1 aliphatic heterocycles. The molecule has 1 saturated heterocycles. The molecule has 0 bridgehead atoms. The highest BCUT2D eigenvalue weighted by Gasteiger charge is 2.30. The van der Waals surface area contributed by atoms with Crippen LogP contribution in [0.15, 0.2) is 0 Å². The van der Waals surface area contributed by atoms with Gasteiger partial charge in [0.1, 0.15) is 0 Å². The van der Waals surface area contributed by atoms with Crippen LogP contribution >= 0.6 is 0 Å². The molecule has 1 heterocycles. The maximum Gasteiger partial charge on any atom is 0.0754 e. The van der Waals surface area contributed by atoms with Gasteiger partial charge in [-0.3, -0.25) is 0 Å². The van der Waals surface area contributed by atoms with Crippen LogP contribution in [0.5, 0.6) is 0 Å². The third-order valence-corrected chi connectivity index (χ3v) is 3.93. The van der Waals surface area contributed by atoms with Gasteiger partial charge in [-0.2, -0.15) is 0 Å². The van der Waals surface area contributed by atoms with Gasteiger partial charge in [-0.15, -0.1) is 0 Å². The highest BCUT2D eigenvalue weighted by atomic mass is 16.5. The zero-order valence-electron chi connectivity index (χ0n) is 12.0. The number of unbranched alkanes of at least 4 members (excludes halogenated alkanes) is 4. The SMILES string of the molecule is CCCCCCCC(NCC)C1OCCC1C. The average molecular weight is 241 g/mol. The van der Waals surface area contributed by atoms with Crippen molar-refractivity contribution < 1.29 is 4.74 Å². The average Bonchev–Trinajstić information content (AvgIpc) is 2.74. The van der Waals surface area contributed by atoms with Gasteiger partial charge >= 0.3 is 0 Å². The van der Waals surface area contributed by atoms with Gasteiger partial charge in [0.15, 0.2) is 0 Å². The maximum absolute atomic E-state index is 5.90. The predicted molar refractivity (Wildman–Crippen MR) is 74.4 cm³/mol. The van der Waals surface area contributed by atoms with Crippen molar-refractivity contribution in [1.29, 1.82) is 0 Å². The second kappa shape index (κ2) is 8.93. The van der Waals surface area contributed by atoms with Gasteiger partial charge in [-0.05, 0) is 25.3 Å². The molecule has 0 saturated carbocycles. The molecule has 2 heteroatoms. The molecule has 0 amide bonds. The van der Waals surface area contributed by atoms with Crippen molar-refractivity contribution in [3.8, 4) is 0 Å². The molecule has 2 nitrogen and oxygen atoms in total. The van der Waals surface area contributed by atoms with Crippen molar-refractivity contribution in [2.45, 2.75) is 77.9 Å². The molecule has 102 valence electrons. The van der Waals surface area contributed by atoms with E-state index in [4.69, 9.17) is 4.74 Å². The molecule has 0 aromatic rings. The molecule has 1 N–H and O–H groups in total. The summed E-state index contributed by atoms with van der Waals surface area (Å²) in [4.78, 5) is 0. The van der Waals surface area contributed by atoms with E-state index in [1.807, 2.05) is 0 Å². The fourth-order valence-electron chi connectivity index (χ4n) is 2.84. The van der Waals surface area contributed by atoms with E-state index in [-0.39, 0.29) is 0 Å². The Balaban J connectivity index is 2.22. The summed E-state index contributed by atoms with van der Waals surface area (Å²) < 4.78 is 5.90. The third kappa shape index (κ3) is 5.39. The fourth-order valence-corrected chi connectivity index (χ4v) is 2.84. The first-order chi connectivity index (χ1) is 8.29. The summed E-state index contributed by atoms with van der Waals surface area (Å²) in [5.74, 6) is 0.731. The lowest BCUT2D eigenvalue weighted by Gasteiger charge is -2.27. The van der Waals surface area contributed by atoms with Crippen LogP contribution < -0.4 is 5.32 Å². The van der Waals surface area contributed by atoms with E-state index in [1.54, 1.807) is 0 Å². The minimum atomic E-state index is 0.459. The van der Waals surface area contributed by atoms with Gasteiger partial charge < -0.3 is 10.1 Å². The predicted octanol–water partition coefficient (Wildman–Crippen LogP) is 3.75. The second-order valence-corrected chi connectivity index (χ2v) is 5.47. The summed E-state index contributed by atoms with van der Waals surface area (Å²) in [5, 5.41) is 3.62. The van der Waals surface area contributed by atoms with Gasteiger partial charge in [0, 0.05) is 12.6 Å². The first-order valence-electron chi connectivity index (χ1n) is 7.64. The Bertz CT molecular complexity index is 184. The zero-order chi connectivity index (χ0) is 12.5. The van der Waals surface area contributed by atoms with Crippen LogP contribution in [-0.2, 0) is 4.74 Å². The molecule has 1 aliphatic rings. The van der Waals surface area contributed by atoms with Gasteiger partial charge in [0.2, 0.25) is 0 Å². The van der Waals surface area contributed by atoms with Crippen LogP contribution in [0.2, 0.25) is 0 Å². The zero-order valence-corrected chi connectivity index (χ0v) is 12.0. The quantitative estimate of drug-likeness (QED) is 0.621. The van der Waals surface area contributed by atoms with Crippen LogP contribution in [0.4, 0.5) is 0 Å². The summed E-state index contributed by atoms with van der Waals surface area (Å²) in [5.41, 5.74) is 0. The lowest BCUT2D eigenvalue weighted by molar-refractivity contribution is 0.0579. The number of hydrogen-bond acceptors (Lipinski definition) is 2. The van der Waals surface area contributed by atoms with Crippen molar-refractivity contribution in [3.63, 3.8) is 0 Å². The molecule has 0 radical (unpaired) electrons. The number of rotatable bonds is 9. The molecular weight excluding hydrogens is 210 g/mol. The summed E-state index contributed by atoms with van der Waals surface area (Å²) in [6, 6.07) is 0.583. The van der Waals surface area contributed by atoms with Crippen LogP contribution in [-0.4, -0.2) is 25.3 Å². The standard InChI is InChI=1S/C15H31NO/c1-4-6-7-8-9-10-14(16-5-2)15-13(3)11-12-17-15/h13-16H,4-12H2,1-3H3. The van der Waals surface area contributed by atoms with E-state index in [0.29, 0.717) is 12.1 Å². The smallest absolute Gasteiger partial charge is 0.0754 e. The Labute approximate surface area is 108 Å². The fraction of sp³-hybridized carbons (Fsp3) is 1.00. The monoisotopic (exact) mass is 241 g/mol. The summed E-state index contributed by atoms with van der Waals surface area (Å²) in [6.07, 6.45) is 9.84. The minimum Gasteiger partial charge on any atom is -0.376 e. The number of nitrogens with one attached hydrogen (secondary N) is 1. The topological polar surface area (TPSA) is 21.3 Å². The van der Waals surface area contributed by atoms with E-state index in [1.165, 1.54) is 44.9 Å². The molecule has 0 aliphatic carbocycles. The Morgan fingerprint density at radius 2 is 1.94 bits per heavy atom. The van der Waals surface area contributed by atoms with E-state index in [9.17, 15) is 0 Å². The summed E-state index contributed by atoms with van der Waals surface area (Å²) >= 11 is 0. The lowest BCUT2D eigenvalue weighted by atomic mass is 9.93. The summed E-state index contributed by atoms with van der Waals surface area (Å²) in [6.45, 7) is 8.83. The number of ether oxygens (including phenoxy) is 1. The molecular formula is C15H31NO. The molecule has 1 rings (SSSR count). The Kier molecular flexibility index (Phi) is 7.87. The van der Waals surface area contributed by atoms with Crippen molar-refractivity contribution in [2.24, 2.45) is 5.92 Å². The Hall–Kier alpha value is -0.0800. The molecule has 3 atom stereocenters. The van der Waals surface area contributed by atoms with E-state index in [2.05, 4.69) is 26.1 Å². The molecule has 0 aromatic heterocycles. The second-order valence-electron chi connectivity index (χ2n) is 5.47. The molecule has 0 spiro atoms. The third-order valence-electron chi connectivity index (χ3n) is 3.93. The van der Waals surface area contributed by atoms with Crippen molar-refractivity contribution in [3.05, 3.63) is 0 Å². The van der Waals surface area contributed by atoms with Crippen LogP contribution in [0.25, 0.3) is 0 Å². The van der Waals surface area contributed by atoms with Crippen LogP contribution in [0.3, 0.4) is 0 Å². The van der Waals surface area contributed by atoms with Gasteiger partial charge in [0.25, 0.3) is 0 Å². The highest BCUT2D eigenvalue weighted by molar-refractivity contribution is 4.84. The molecule has 17 heavy (non-hydrogen) atoms.